The van der Waals surface area contributed by atoms with Gasteiger partial charge in [0.15, 0.2) is 0 Å². The minimum atomic E-state index is 0.166. The Bertz CT molecular complexity index is 206. The molecule has 3 atom stereocenters. The van der Waals surface area contributed by atoms with Gasteiger partial charge in [0, 0.05) is 18.5 Å². The number of hydrogen-bond acceptors (Lipinski definition) is 2. The summed E-state index contributed by atoms with van der Waals surface area (Å²) in [6.45, 7) is 4.23. The summed E-state index contributed by atoms with van der Waals surface area (Å²) in [5.74, 6) is 0.650. The maximum Gasteiger partial charge on any atom is 0.220 e. The summed E-state index contributed by atoms with van der Waals surface area (Å²) in [5, 5.41) is 3.07. The third kappa shape index (κ3) is 4.20. The SMILES string of the molecule is CCC(C)CC(=O)N[C@@H]1CCCC[C@H]1N. The van der Waals surface area contributed by atoms with Crippen molar-refractivity contribution in [1.82, 2.24) is 5.32 Å². The molecule has 0 aliphatic heterocycles. The lowest BCUT2D eigenvalue weighted by molar-refractivity contribution is -0.123. The minimum absolute atomic E-state index is 0.166. The Morgan fingerprint density at radius 3 is 2.73 bits per heavy atom. The monoisotopic (exact) mass is 212 g/mol. The van der Waals surface area contributed by atoms with E-state index in [2.05, 4.69) is 19.2 Å². The van der Waals surface area contributed by atoms with Crippen LogP contribution in [0.25, 0.3) is 0 Å². The smallest absolute Gasteiger partial charge is 0.220 e. The zero-order chi connectivity index (χ0) is 11.3. The van der Waals surface area contributed by atoms with E-state index >= 15 is 0 Å². The number of hydrogen-bond donors (Lipinski definition) is 2. The van der Waals surface area contributed by atoms with E-state index < -0.39 is 0 Å². The van der Waals surface area contributed by atoms with Crippen LogP contribution in [0.3, 0.4) is 0 Å². The minimum Gasteiger partial charge on any atom is -0.352 e. The fourth-order valence-corrected chi connectivity index (χ4v) is 2.07. The van der Waals surface area contributed by atoms with Crippen molar-refractivity contribution in [3.8, 4) is 0 Å². The Kier molecular flexibility index (Phi) is 5.09. The van der Waals surface area contributed by atoms with Gasteiger partial charge < -0.3 is 11.1 Å². The Morgan fingerprint density at radius 1 is 1.47 bits per heavy atom. The van der Waals surface area contributed by atoms with Crippen LogP contribution in [0.15, 0.2) is 0 Å². The molecule has 1 unspecified atom stereocenters. The second kappa shape index (κ2) is 6.11. The van der Waals surface area contributed by atoms with Crippen molar-refractivity contribution < 1.29 is 4.79 Å². The summed E-state index contributed by atoms with van der Waals surface area (Å²) >= 11 is 0. The molecule has 0 bridgehead atoms. The molecule has 1 amide bonds. The first-order valence-corrected chi connectivity index (χ1v) is 6.18. The van der Waals surface area contributed by atoms with Gasteiger partial charge in [0.05, 0.1) is 0 Å². The Labute approximate surface area is 92.8 Å². The van der Waals surface area contributed by atoms with Gasteiger partial charge in [0.25, 0.3) is 0 Å². The normalized spacial score (nSPS) is 28.5. The van der Waals surface area contributed by atoms with Crippen LogP contribution in [-0.4, -0.2) is 18.0 Å². The van der Waals surface area contributed by atoms with Gasteiger partial charge in [-0.1, -0.05) is 33.1 Å². The molecule has 3 heteroatoms. The molecule has 0 spiro atoms. The third-order valence-corrected chi connectivity index (χ3v) is 3.40. The zero-order valence-electron chi connectivity index (χ0n) is 9.96. The van der Waals surface area contributed by atoms with Crippen LogP contribution in [0.4, 0.5) is 0 Å². The van der Waals surface area contributed by atoms with Crippen LogP contribution in [0.2, 0.25) is 0 Å². The Morgan fingerprint density at radius 2 is 2.13 bits per heavy atom. The highest BCUT2D eigenvalue weighted by Gasteiger charge is 2.23. The van der Waals surface area contributed by atoms with Crippen molar-refractivity contribution in [3.63, 3.8) is 0 Å². The van der Waals surface area contributed by atoms with E-state index in [0.717, 1.165) is 19.3 Å². The first kappa shape index (κ1) is 12.5. The predicted molar refractivity (Wildman–Crippen MR) is 62.4 cm³/mol. The molecule has 1 saturated carbocycles. The van der Waals surface area contributed by atoms with E-state index in [1.807, 2.05) is 0 Å². The van der Waals surface area contributed by atoms with Gasteiger partial charge >= 0.3 is 0 Å². The second-order valence-corrected chi connectivity index (χ2v) is 4.84. The number of nitrogens with one attached hydrogen (secondary N) is 1. The van der Waals surface area contributed by atoms with Gasteiger partial charge in [-0.05, 0) is 18.8 Å². The Balaban J connectivity index is 2.29. The first-order valence-electron chi connectivity index (χ1n) is 6.18. The quantitative estimate of drug-likeness (QED) is 0.746. The number of carbonyl (C=O) groups excluding carboxylic acids is 1. The van der Waals surface area contributed by atoms with E-state index in [1.54, 1.807) is 0 Å². The van der Waals surface area contributed by atoms with E-state index in [-0.39, 0.29) is 18.0 Å². The highest BCUT2D eigenvalue weighted by molar-refractivity contribution is 5.76. The largest absolute Gasteiger partial charge is 0.352 e. The van der Waals surface area contributed by atoms with E-state index in [0.29, 0.717) is 12.3 Å². The van der Waals surface area contributed by atoms with Crippen LogP contribution >= 0.6 is 0 Å². The maximum absolute atomic E-state index is 11.7. The molecule has 0 aromatic rings. The standard InChI is InChI=1S/C12H24N2O/c1-3-9(2)8-12(15)14-11-7-5-4-6-10(11)13/h9-11H,3-8,13H2,1-2H3,(H,14,15)/t9?,10-,11-/m1/s1. The molecular formula is C12H24N2O. The number of carbonyl (C=O) groups is 1. The van der Waals surface area contributed by atoms with Gasteiger partial charge in [-0.3, -0.25) is 4.79 Å². The zero-order valence-corrected chi connectivity index (χ0v) is 9.96. The molecule has 3 N–H and O–H groups in total. The van der Waals surface area contributed by atoms with E-state index in [1.165, 1.54) is 12.8 Å². The number of amides is 1. The Hall–Kier alpha value is -0.570. The fraction of sp³-hybridized carbons (Fsp3) is 0.917. The summed E-state index contributed by atoms with van der Waals surface area (Å²) < 4.78 is 0. The van der Waals surface area contributed by atoms with Crippen molar-refractivity contribution in [1.29, 1.82) is 0 Å². The summed E-state index contributed by atoms with van der Waals surface area (Å²) in [7, 11) is 0. The highest BCUT2D eigenvalue weighted by atomic mass is 16.1. The molecule has 0 radical (unpaired) electrons. The van der Waals surface area contributed by atoms with Crippen molar-refractivity contribution >= 4 is 5.91 Å². The molecule has 1 aliphatic rings. The lowest BCUT2D eigenvalue weighted by atomic mass is 9.90. The molecule has 3 nitrogen and oxygen atoms in total. The summed E-state index contributed by atoms with van der Waals surface area (Å²) in [6.07, 6.45) is 6.20. The summed E-state index contributed by atoms with van der Waals surface area (Å²) in [5.41, 5.74) is 5.98. The molecule has 15 heavy (non-hydrogen) atoms. The van der Waals surface area contributed by atoms with Gasteiger partial charge in [-0.2, -0.15) is 0 Å². The average molecular weight is 212 g/mol. The predicted octanol–water partition coefficient (Wildman–Crippen LogP) is 1.81. The summed E-state index contributed by atoms with van der Waals surface area (Å²) in [6, 6.07) is 0.384. The third-order valence-electron chi connectivity index (χ3n) is 3.40. The molecule has 1 rings (SSSR count). The van der Waals surface area contributed by atoms with Crippen LogP contribution in [0.1, 0.15) is 52.4 Å². The van der Waals surface area contributed by atoms with Crippen LogP contribution < -0.4 is 11.1 Å². The lowest BCUT2D eigenvalue weighted by Crippen LogP contribution is -2.49. The number of rotatable bonds is 4. The van der Waals surface area contributed by atoms with Crippen LogP contribution in [0.5, 0.6) is 0 Å². The van der Waals surface area contributed by atoms with Crippen molar-refractivity contribution in [3.05, 3.63) is 0 Å². The molecule has 0 aromatic carbocycles. The van der Waals surface area contributed by atoms with Gasteiger partial charge in [0.1, 0.15) is 0 Å². The van der Waals surface area contributed by atoms with Gasteiger partial charge in [-0.25, -0.2) is 0 Å². The molecule has 1 fully saturated rings. The second-order valence-electron chi connectivity index (χ2n) is 4.84. The molecular weight excluding hydrogens is 188 g/mol. The van der Waals surface area contributed by atoms with Gasteiger partial charge in [-0.15, -0.1) is 0 Å². The van der Waals surface area contributed by atoms with Gasteiger partial charge in [0.2, 0.25) is 5.91 Å². The topological polar surface area (TPSA) is 55.1 Å². The van der Waals surface area contributed by atoms with Crippen LogP contribution in [0, 0.1) is 5.92 Å². The maximum atomic E-state index is 11.7. The lowest BCUT2D eigenvalue weighted by Gasteiger charge is -2.29. The van der Waals surface area contributed by atoms with E-state index in [9.17, 15) is 4.79 Å². The van der Waals surface area contributed by atoms with Crippen molar-refractivity contribution in [2.45, 2.75) is 64.5 Å². The van der Waals surface area contributed by atoms with Crippen molar-refractivity contribution in [2.75, 3.05) is 0 Å². The van der Waals surface area contributed by atoms with Crippen molar-refractivity contribution in [2.24, 2.45) is 11.7 Å². The van der Waals surface area contributed by atoms with Crippen LogP contribution in [-0.2, 0) is 4.79 Å². The molecule has 0 saturated heterocycles. The molecule has 0 aromatic heterocycles. The first-order chi connectivity index (χ1) is 7.13. The highest BCUT2D eigenvalue weighted by Crippen LogP contribution is 2.17. The fourth-order valence-electron chi connectivity index (χ4n) is 2.07. The molecule has 1 aliphatic carbocycles. The molecule has 0 heterocycles. The molecule has 88 valence electrons. The summed E-state index contributed by atoms with van der Waals surface area (Å²) in [4.78, 5) is 11.7. The van der Waals surface area contributed by atoms with E-state index in [4.69, 9.17) is 5.73 Å². The average Bonchev–Trinajstić information content (AvgIpc) is 2.21. The number of nitrogens with two attached hydrogens (primary N) is 1.